The minimum Gasteiger partial charge on any atom is -0.497 e. The number of aromatic nitrogens is 8. The zero-order valence-electron chi connectivity index (χ0n) is 64.7. The van der Waals surface area contributed by atoms with Crippen molar-refractivity contribution in [2.45, 2.75) is 180 Å². The summed E-state index contributed by atoms with van der Waals surface area (Å²) in [6, 6.07) is 23.0. The number of anilines is 2. The number of primary amides is 2. The predicted molar refractivity (Wildman–Crippen MR) is 419 cm³/mol. The molecular weight excluding hydrogens is 1490 g/mol. The second-order valence-corrected chi connectivity index (χ2v) is 31.1. The molecule has 6 amide bonds. The van der Waals surface area contributed by atoms with Crippen LogP contribution in [0.2, 0.25) is 0 Å². The summed E-state index contributed by atoms with van der Waals surface area (Å²) >= 11 is 3.05. The number of amides is 6. The molecule has 112 heavy (non-hydrogen) atoms. The maximum atomic E-state index is 13.1. The second-order valence-electron chi connectivity index (χ2n) is 29.2. The van der Waals surface area contributed by atoms with Crippen LogP contribution in [-0.4, -0.2) is 209 Å². The van der Waals surface area contributed by atoms with Crippen LogP contribution in [0.15, 0.2) is 98.1 Å². The van der Waals surface area contributed by atoms with Crippen LogP contribution in [0.4, 0.5) is 21.2 Å². The number of nitrogens with one attached hydrogen (secondary N) is 6. The van der Waals surface area contributed by atoms with Gasteiger partial charge in [0.15, 0.2) is 63.8 Å². The second kappa shape index (κ2) is 41.2. The number of hydrogen-bond donors (Lipinski definition) is 10. The lowest BCUT2D eigenvalue weighted by Crippen LogP contribution is -2.47. The molecule has 0 spiro atoms. The Morgan fingerprint density at radius 2 is 1.00 bits per heavy atom. The van der Waals surface area contributed by atoms with Crippen molar-refractivity contribution in [3.8, 4) is 5.75 Å². The van der Waals surface area contributed by atoms with Crippen LogP contribution >= 0.6 is 23.5 Å². The Morgan fingerprint density at radius 1 is 0.571 bits per heavy atom. The van der Waals surface area contributed by atoms with E-state index in [0.29, 0.717) is 84.2 Å². The first-order valence-corrected chi connectivity index (χ1v) is 40.0. The standard InChI is InChI=1S/C44H58N8O9S.C33H46N8O8S/c1-26(2)19-30(41(55)51-33(38(45)54)17-18-62-6)20-31(53)22-47-43(56)58-23-34-36-37(61-44(3,4)60-36)42(59-34)52-25-50-35-39(48-24-49-40(35)52)46-21-29-11-9-27(10-12-29)7-8-28-13-15-32(57-5)16-14-28;1-18(2)11-21(31(46)40-23(28(34)45)9-10-50-4)12-22(42)14-36-33(47)48-15-24-26(43)27(44)32(49-24)41-17-39-25-29(37-16-38-30(25)41)35-13-20-7-5-19(3)6-8-20/h9-16,24-26,30,33-34,36-37,42H,7-8,17-23H2,1-6H3,(H2,45,54)(H,47,56)(H,51,55)(H,46,48,49);5-8,16-18,21,23-24,26-27,32,43-44H,9-15H2,1-4H3,(H2,34,45)(H,36,47)(H,40,46)(H,35,37,38)/t30-,33+,34-,36+,37?,42-;21-,23+,24-,26+,27?,32-/m11/s1. The summed E-state index contributed by atoms with van der Waals surface area (Å²) in [6.07, 6.45) is 3.30. The number of hydrogen-bond acceptors (Lipinski definition) is 27. The Hall–Kier alpha value is -9.62. The van der Waals surface area contributed by atoms with Gasteiger partial charge < -0.3 is 86.7 Å². The first-order valence-electron chi connectivity index (χ1n) is 37.2. The normalized spacial score (nSPS) is 20.0. The van der Waals surface area contributed by atoms with Gasteiger partial charge in [0, 0.05) is 37.8 Å². The summed E-state index contributed by atoms with van der Waals surface area (Å²) in [7, 11) is 1.67. The number of aliphatic hydroxyl groups is 2. The van der Waals surface area contributed by atoms with Gasteiger partial charge in [-0.25, -0.2) is 39.5 Å². The molecule has 7 aromatic rings. The Bertz CT molecular complexity index is 4310. The Labute approximate surface area is 658 Å². The van der Waals surface area contributed by atoms with Gasteiger partial charge in [0.2, 0.25) is 23.6 Å². The van der Waals surface area contributed by atoms with E-state index in [0.717, 1.165) is 35.3 Å². The number of aryl methyl sites for hydroxylation is 3. The predicted octanol–water partition coefficient (Wildman–Crippen LogP) is 6.16. The summed E-state index contributed by atoms with van der Waals surface area (Å²) in [5, 5.41) is 38.4. The van der Waals surface area contributed by atoms with Crippen molar-refractivity contribution in [3.05, 3.63) is 126 Å². The zero-order valence-corrected chi connectivity index (χ0v) is 66.3. The van der Waals surface area contributed by atoms with E-state index in [2.05, 4.69) is 98.2 Å². The highest BCUT2D eigenvalue weighted by Gasteiger charge is 2.57. The quantitative estimate of drug-likeness (QED) is 0.0206. The SMILES string of the molecule is COc1ccc(CCc2ccc(CNc3ncnc4c3ncn4[C@@H]3O[C@H](COC(=O)NCC(=O)C[C@@H](CC(C)C)C(=O)N[C@@H](CCSC)C(N)=O)[C@@H]4OC(C)(C)OC43)cc2)cc1.CSCC[C@H](NC(=O)[C@@H](CC(=O)CNC(=O)OC[C@H]1O[C@@H](n2cnc3c(NCc4ccc(C)cc4)ncnc32)C(O)[C@H]1O)CC(C)C)C(N)=O. The minimum absolute atomic E-state index is 0.0854. The number of rotatable bonds is 40. The number of alkyl carbamates (subject to hydrolysis) is 2. The van der Waals surface area contributed by atoms with Crippen LogP contribution in [0, 0.1) is 30.6 Å². The molecule has 0 saturated carbocycles. The van der Waals surface area contributed by atoms with Crippen LogP contribution in [0.25, 0.3) is 22.3 Å². The molecule has 3 aromatic carbocycles. The molecule has 7 heterocycles. The van der Waals surface area contributed by atoms with E-state index in [1.807, 2.05) is 83.5 Å². The molecule has 0 bridgehead atoms. The van der Waals surface area contributed by atoms with Crippen LogP contribution in [0.5, 0.6) is 5.75 Å². The summed E-state index contributed by atoms with van der Waals surface area (Å²) in [6.45, 7) is 12.9. The van der Waals surface area contributed by atoms with E-state index in [4.69, 9.17) is 44.6 Å². The van der Waals surface area contributed by atoms with E-state index < -0.39 is 134 Å². The molecule has 3 fully saturated rings. The van der Waals surface area contributed by atoms with E-state index in [9.17, 15) is 48.6 Å². The van der Waals surface area contributed by atoms with E-state index in [-0.39, 0.29) is 43.6 Å². The first kappa shape index (κ1) is 86.4. The number of imidazole rings is 2. The van der Waals surface area contributed by atoms with Gasteiger partial charge in [0.1, 0.15) is 80.3 Å². The van der Waals surface area contributed by atoms with Crippen LogP contribution in [-0.2, 0) is 83.1 Å². The van der Waals surface area contributed by atoms with Crippen molar-refractivity contribution in [1.29, 1.82) is 0 Å². The molecule has 35 heteroatoms. The van der Waals surface area contributed by atoms with Gasteiger partial charge in [0.05, 0.1) is 32.9 Å². The van der Waals surface area contributed by atoms with Crippen LogP contribution in [0.1, 0.15) is 120 Å². The molecule has 2 unspecified atom stereocenters. The Balaban J connectivity index is 0.000000263. The maximum Gasteiger partial charge on any atom is 0.407 e. The van der Waals surface area contributed by atoms with Gasteiger partial charge in [-0.1, -0.05) is 93.9 Å². The van der Waals surface area contributed by atoms with Gasteiger partial charge in [-0.05, 0) is 130 Å². The number of carbonyl (C=O) groups excluding carboxylic acids is 8. The number of thioether (sulfide) groups is 2. The number of ketones is 2. The summed E-state index contributed by atoms with van der Waals surface area (Å²) in [4.78, 5) is 128. The van der Waals surface area contributed by atoms with Crippen molar-refractivity contribution in [2.75, 3.05) is 68.1 Å². The molecule has 4 aromatic heterocycles. The van der Waals surface area contributed by atoms with Crippen molar-refractivity contribution < 1.29 is 81.7 Å². The van der Waals surface area contributed by atoms with Crippen molar-refractivity contribution in [3.63, 3.8) is 0 Å². The summed E-state index contributed by atoms with van der Waals surface area (Å²) in [5.41, 5.74) is 18.6. The van der Waals surface area contributed by atoms with Crippen LogP contribution < -0.4 is 48.1 Å². The Kier molecular flexibility index (Phi) is 31.8. The third kappa shape index (κ3) is 24.4. The lowest BCUT2D eigenvalue weighted by Gasteiger charge is -2.24. The number of methoxy groups -OCH3 is 1. The third-order valence-electron chi connectivity index (χ3n) is 19.0. The topological polar surface area (TPSA) is 453 Å². The molecule has 0 radical (unpaired) electrons. The molecule has 10 rings (SSSR count). The summed E-state index contributed by atoms with van der Waals surface area (Å²) < 4.78 is 44.0. The number of ether oxygens (including phenoxy) is 7. The van der Waals surface area contributed by atoms with Gasteiger partial charge in [-0.15, -0.1) is 0 Å². The fourth-order valence-electron chi connectivity index (χ4n) is 13.2. The largest absolute Gasteiger partial charge is 0.497 e. The zero-order chi connectivity index (χ0) is 80.8. The fraction of sp³-hybridized carbons (Fsp3) is 0.532. The van der Waals surface area contributed by atoms with Crippen molar-refractivity contribution in [1.82, 2.24) is 60.3 Å². The number of aliphatic hydroxyl groups excluding tert-OH is 2. The highest BCUT2D eigenvalue weighted by molar-refractivity contribution is 7.98. The molecule has 12 atom stereocenters. The van der Waals surface area contributed by atoms with Crippen LogP contribution in [0.3, 0.4) is 0 Å². The van der Waals surface area contributed by atoms with Gasteiger partial charge in [-0.2, -0.15) is 23.5 Å². The number of nitrogens with two attached hydrogens (primary N) is 2. The minimum atomic E-state index is -1.41. The maximum absolute atomic E-state index is 13.1. The smallest absolute Gasteiger partial charge is 0.407 e. The monoisotopic (exact) mass is 1590 g/mol. The van der Waals surface area contributed by atoms with E-state index in [1.165, 1.54) is 58.2 Å². The average molecular weight is 1590 g/mol. The third-order valence-corrected chi connectivity index (χ3v) is 20.3. The average Bonchev–Trinajstić information content (AvgIpc) is 1.59. The molecule has 0 aliphatic carbocycles. The summed E-state index contributed by atoms with van der Waals surface area (Å²) in [5.74, 6) is -1.98. The molecule has 12 N–H and O–H groups in total. The number of Topliss-reactive ketones (excluding diaryl/α,β-unsaturated/α-hetero) is 2. The molecule has 33 nitrogen and oxygen atoms in total. The number of fused-ring (bicyclic) bond motifs is 3. The van der Waals surface area contributed by atoms with E-state index >= 15 is 0 Å². The van der Waals surface area contributed by atoms with Gasteiger partial charge in [-0.3, -0.25) is 37.9 Å². The first-order chi connectivity index (χ1) is 53.6. The number of nitrogens with zero attached hydrogens (tertiary/aromatic N) is 8. The highest BCUT2D eigenvalue weighted by atomic mass is 32.2. The highest BCUT2D eigenvalue weighted by Crippen LogP contribution is 2.44. The molecule has 3 aliphatic rings. The molecule has 3 aliphatic heterocycles. The van der Waals surface area contributed by atoms with Crippen molar-refractivity contribution in [2.24, 2.45) is 35.1 Å². The molecular formula is C77H104N16O17S2. The Morgan fingerprint density at radius 3 is 1.46 bits per heavy atom. The van der Waals surface area contributed by atoms with Crippen molar-refractivity contribution >= 4 is 105 Å². The molecule has 606 valence electrons. The van der Waals surface area contributed by atoms with E-state index in [1.54, 1.807) is 31.9 Å². The van der Waals surface area contributed by atoms with Gasteiger partial charge >= 0.3 is 12.2 Å². The lowest BCUT2D eigenvalue weighted by molar-refractivity contribution is -0.199. The number of carbonyl (C=O) groups is 8. The number of benzene rings is 3. The lowest BCUT2D eigenvalue weighted by atomic mass is 9.91. The molecule has 3 saturated heterocycles. The van der Waals surface area contributed by atoms with Gasteiger partial charge in [0.25, 0.3) is 0 Å². The fourth-order valence-corrected chi connectivity index (χ4v) is 14.2.